The molecule has 0 radical (unpaired) electrons. The summed E-state index contributed by atoms with van der Waals surface area (Å²) in [5, 5.41) is 11.5. The molecule has 0 saturated carbocycles. The fourth-order valence-corrected chi connectivity index (χ4v) is 2.29. The Hall–Kier alpha value is -3.08. The van der Waals surface area contributed by atoms with Gasteiger partial charge in [0, 0.05) is 11.1 Å². The van der Waals surface area contributed by atoms with Gasteiger partial charge in [-0.1, -0.05) is 30.3 Å². The maximum Gasteiger partial charge on any atom is 0.261 e. The third-order valence-electron chi connectivity index (χ3n) is 3.33. The van der Waals surface area contributed by atoms with Crippen LogP contribution < -0.4 is 15.6 Å². The van der Waals surface area contributed by atoms with Crippen LogP contribution in [0, 0.1) is 5.41 Å². The summed E-state index contributed by atoms with van der Waals surface area (Å²) in [6.45, 7) is 2.38. The normalized spacial score (nSPS) is 10.5. The lowest BCUT2D eigenvalue weighted by atomic mass is 10.1. The number of nitrogens with one attached hydrogen (secondary N) is 2. The molecule has 0 saturated heterocycles. The molecule has 0 fully saturated rings. The van der Waals surface area contributed by atoms with Crippen LogP contribution in [-0.4, -0.2) is 12.5 Å². The van der Waals surface area contributed by atoms with Crippen molar-refractivity contribution in [2.24, 2.45) is 0 Å². The van der Waals surface area contributed by atoms with Crippen molar-refractivity contribution in [2.75, 3.05) is 11.9 Å². The molecule has 1 amide bonds. The van der Waals surface area contributed by atoms with E-state index in [-0.39, 0.29) is 17.0 Å². The van der Waals surface area contributed by atoms with Crippen LogP contribution in [0.5, 0.6) is 5.75 Å². The molecular formula is C18H16N2O3. The zero-order chi connectivity index (χ0) is 16.2. The van der Waals surface area contributed by atoms with Crippen LogP contribution in [0.4, 0.5) is 5.69 Å². The van der Waals surface area contributed by atoms with Gasteiger partial charge >= 0.3 is 0 Å². The second-order valence-corrected chi connectivity index (χ2v) is 4.92. The van der Waals surface area contributed by atoms with Gasteiger partial charge in [-0.2, -0.15) is 0 Å². The van der Waals surface area contributed by atoms with Crippen molar-refractivity contribution in [1.82, 2.24) is 0 Å². The molecule has 2 aromatic carbocycles. The minimum Gasteiger partial charge on any atom is -0.490 e. The second-order valence-electron chi connectivity index (χ2n) is 4.92. The smallest absolute Gasteiger partial charge is 0.261 e. The molecule has 3 rings (SSSR count). The molecule has 5 nitrogen and oxygen atoms in total. The van der Waals surface area contributed by atoms with E-state index in [1.54, 1.807) is 24.3 Å². The number of fused-ring (bicyclic) bond motifs is 1. The SMILES string of the molecule is CCOc1cccc2cc(C(=O)Nc3ccccc3)c(=N)oc12. The van der Waals surface area contributed by atoms with E-state index in [9.17, 15) is 4.79 Å². The largest absolute Gasteiger partial charge is 0.490 e. The lowest BCUT2D eigenvalue weighted by Crippen LogP contribution is -2.20. The zero-order valence-electron chi connectivity index (χ0n) is 12.6. The summed E-state index contributed by atoms with van der Waals surface area (Å²) in [5.74, 6) is 0.183. The Labute approximate surface area is 133 Å². The summed E-state index contributed by atoms with van der Waals surface area (Å²) in [6.07, 6.45) is 0. The quantitative estimate of drug-likeness (QED) is 0.773. The van der Waals surface area contributed by atoms with Gasteiger partial charge < -0.3 is 14.5 Å². The molecule has 0 atom stereocenters. The first-order chi connectivity index (χ1) is 11.2. The van der Waals surface area contributed by atoms with E-state index in [1.165, 1.54) is 0 Å². The minimum atomic E-state index is -0.381. The van der Waals surface area contributed by atoms with E-state index in [0.717, 1.165) is 0 Å². The van der Waals surface area contributed by atoms with E-state index < -0.39 is 0 Å². The topological polar surface area (TPSA) is 75.3 Å². The third-order valence-corrected chi connectivity index (χ3v) is 3.33. The molecule has 1 aromatic heterocycles. The van der Waals surface area contributed by atoms with Crippen LogP contribution in [0.3, 0.4) is 0 Å². The maximum absolute atomic E-state index is 12.4. The first-order valence-corrected chi connectivity index (χ1v) is 7.29. The number of rotatable bonds is 4. The van der Waals surface area contributed by atoms with Gasteiger partial charge in [0.15, 0.2) is 11.3 Å². The molecule has 0 aliphatic heterocycles. The summed E-state index contributed by atoms with van der Waals surface area (Å²) < 4.78 is 11.0. The average molecular weight is 308 g/mol. The molecule has 116 valence electrons. The number of ether oxygens (including phenoxy) is 1. The van der Waals surface area contributed by atoms with Crippen molar-refractivity contribution in [3.63, 3.8) is 0 Å². The standard InChI is InChI=1S/C18H16N2O3/c1-2-22-15-10-6-7-12-11-14(17(19)23-16(12)15)18(21)20-13-8-4-3-5-9-13/h3-11,19H,2H2,1H3,(H,20,21). The molecule has 1 heterocycles. The van der Waals surface area contributed by atoms with Gasteiger partial charge in [-0.25, -0.2) is 0 Å². The van der Waals surface area contributed by atoms with Crippen LogP contribution in [0.2, 0.25) is 0 Å². The van der Waals surface area contributed by atoms with E-state index >= 15 is 0 Å². The van der Waals surface area contributed by atoms with Crippen LogP contribution in [0.25, 0.3) is 11.0 Å². The van der Waals surface area contributed by atoms with Gasteiger partial charge in [-0.05, 0) is 31.2 Å². The maximum atomic E-state index is 12.4. The molecule has 23 heavy (non-hydrogen) atoms. The van der Waals surface area contributed by atoms with Crippen LogP contribution in [-0.2, 0) is 0 Å². The summed E-state index contributed by atoms with van der Waals surface area (Å²) in [5.41, 5.74) is 1.11. The molecule has 0 aliphatic carbocycles. The van der Waals surface area contributed by atoms with Crippen molar-refractivity contribution in [1.29, 1.82) is 5.41 Å². The zero-order valence-corrected chi connectivity index (χ0v) is 12.6. The average Bonchev–Trinajstić information content (AvgIpc) is 2.56. The molecule has 5 heteroatoms. The number of hydrogen-bond donors (Lipinski definition) is 2. The van der Waals surface area contributed by atoms with E-state index in [4.69, 9.17) is 14.6 Å². The molecule has 0 bridgehead atoms. The highest BCUT2D eigenvalue weighted by Gasteiger charge is 2.13. The van der Waals surface area contributed by atoms with Gasteiger partial charge in [-0.3, -0.25) is 10.2 Å². The van der Waals surface area contributed by atoms with Crippen LogP contribution in [0.1, 0.15) is 17.3 Å². The van der Waals surface area contributed by atoms with Crippen LogP contribution in [0.15, 0.2) is 59.0 Å². The lowest BCUT2D eigenvalue weighted by Gasteiger charge is -2.08. The van der Waals surface area contributed by atoms with E-state index in [0.29, 0.717) is 29.0 Å². The van der Waals surface area contributed by atoms with Crippen molar-refractivity contribution in [3.8, 4) is 5.75 Å². The predicted molar refractivity (Wildman–Crippen MR) is 87.6 cm³/mol. The Bertz CT molecular complexity index is 901. The Balaban J connectivity index is 2.00. The van der Waals surface area contributed by atoms with E-state index in [2.05, 4.69) is 5.32 Å². The van der Waals surface area contributed by atoms with Gasteiger partial charge in [0.1, 0.15) is 5.56 Å². The van der Waals surface area contributed by atoms with Gasteiger partial charge in [-0.15, -0.1) is 0 Å². The first-order valence-electron chi connectivity index (χ1n) is 7.29. The third kappa shape index (κ3) is 3.08. The van der Waals surface area contributed by atoms with Crippen molar-refractivity contribution in [3.05, 3.63) is 65.7 Å². The number of hydrogen-bond acceptors (Lipinski definition) is 4. The van der Waals surface area contributed by atoms with Crippen molar-refractivity contribution < 1.29 is 13.9 Å². The highest BCUT2D eigenvalue weighted by atomic mass is 16.5. The molecule has 3 aromatic rings. The van der Waals surface area contributed by atoms with Gasteiger partial charge in [0.2, 0.25) is 5.55 Å². The van der Waals surface area contributed by atoms with Crippen molar-refractivity contribution in [2.45, 2.75) is 6.92 Å². The molecule has 0 unspecified atom stereocenters. The number of anilines is 1. The summed E-state index contributed by atoms with van der Waals surface area (Å²) >= 11 is 0. The highest BCUT2D eigenvalue weighted by molar-refractivity contribution is 6.05. The predicted octanol–water partition coefficient (Wildman–Crippen LogP) is 3.56. The summed E-state index contributed by atoms with van der Waals surface area (Å²) in [7, 11) is 0. The van der Waals surface area contributed by atoms with Gasteiger partial charge in [0.25, 0.3) is 5.91 Å². The second kappa shape index (κ2) is 6.36. The number of carbonyl (C=O) groups excluding carboxylic acids is 1. The first kappa shape index (κ1) is 14.8. The Kier molecular flexibility index (Phi) is 4.10. The number of amides is 1. The molecule has 0 aliphatic rings. The van der Waals surface area contributed by atoms with Crippen molar-refractivity contribution >= 4 is 22.6 Å². The Morgan fingerprint density at radius 3 is 2.70 bits per heavy atom. The summed E-state index contributed by atoms with van der Waals surface area (Å²) in [6, 6.07) is 16.2. The fraction of sp³-hybridized carbons (Fsp3) is 0.111. The molecular weight excluding hydrogens is 292 g/mol. The minimum absolute atomic E-state index is 0.176. The lowest BCUT2D eigenvalue weighted by molar-refractivity contribution is 0.102. The number of carbonyl (C=O) groups is 1. The Morgan fingerprint density at radius 2 is 1.96 bits per heavy atom. The molecule has 0 spiro atoms. The fourth-order valence-electron chi connectivity index (χ4n) is 2.29. The summed E-state index contributed by atoms with van der Waals surface area (Å²) in [4.78, 5) is 12.4. The molecule has 2 N–H and O–H groups in total. The highest BCUT2D eigenvalue weighted by Crippen LogP contribution is 2.25. The number of para-hydroxylation sites is 2. The van der Waals surface area contributed by atoms with E-state index in [1.807, 2.05) is 37.3 Å². The van der Waals surface area contributed by atoms with Crippen LogP contribution >= 0.6 is 0 Å². The Morgan fingerprint density at radius 1 is 1.17 bits per heavy atom. The monoisotopic (exact) mass is 308 g/mol. The van der Waals surface area contributed by atoms with Gasteiger partial charge in [0.05, 0.1) is 6.61 Å². The number of benzene rings is 2.